The second-order valence-electron chi connectivity index (χ2n) is 4.44. The normalized spacial score (nSPS) is 24.3. The van der Waals surface area contributed by atoms with Gasteiger partial charge in [0.05, 0.1) is 0 Å². The number of nitrogens with zero attached hydrogens (tertiary/aromatic N) is 2. The van der Waals surface area contributed by atoms with Gasteiger partial charge in [-0.1, -0.05) is 19.4 Å². The Morgan fingerprint density at radius 1 is 1.40 bits per heavy atom. The topological polar surface area (TPSA) is 36.7 Å². The highest BCUT2D eigenvalue weighted by molar-refractivity contribution is 5.22. The highest BCUT2D eigenvalue weighted by Crippen LogP contribution is 2.37. The Kier molecular flexibility index (Phi) is 3.01. The van der Waals surface area contributed by atoms with Crippen LogP contribution in [0.25, 0.3) is 0 Å². The van der Waals surface area contributed by atoms with E-state index in [0.717, 1.165) is 24.0 Å². The van der Waals surface area contributed by atoms with E-state index in [1.165, 1.54) is 19.3 Å². The first kappa shape index (κ1) is 10.2. The molecule has 1 aliphatic carbocycles. The van der Waals surface area contributed by atoms with E-state index < -0.39 is 0 Å². The van der Waals surface area contributed by atoms with E-state index in [-0.39, 0.29) is 0 Å². The van der Waals surface area contributed by atoms with Crippen LogP contribution in [0.3, 0.4) is 0 Å². The van der Waals surface area contributed by atoms with Crippen LogP contribution in [0.5, 0.6) is 0 Å². The Bertz CT molecular complexity index is 372. The van der Waals surface area contributed by atoms with E-state index in [1.54, 1.807) is 6.07 Å². The maximum Gasteiger partial charge on any atom is 0.140 e. The molecular weight excluding hydrogens is 184 g/mol. The Labute approximate surface area is 91.0 Å². The van der Waals surface area contributed by atoms with Gasteiger partial charge in [0.25, 0.3) is 0 Å². The Balaban J connectivity index is 1.92. The van der Waals surface area contributed by atoms with E-state index in [4.69, 9.17) is 5.26 Å². The third kappa shape index (κ3) is 2.36. The molecule has 1 saturated carbocycles. The van der Waals surface area contributed by atoms with E-state index >= 15 is 0 Å². The summed E-state index contributed by atoms with van der Waals surface area (Å²) in [6, 6.07) is 7.80. The zero-order valence-electron chi connectivity index (χ0n) is 9.11. The monoisotopic (exact) mass is 200 g/mol. The van der Waals surface area contributed by atoms with Gasteiger partial charge in [0.1, 0.15) is 11.8 Å². The van der Waals surface area contributed by atoms with Gasteiger partial charge in [-0.2, -0.15) is 5.26 Å². The summed E-state index contributed by atoms with van der Waals surface area (Å²) in [6.45, 7) is 2.26. The average Bonchev–Trinajstić information content (AvgIpc) is 2.23. The van der Waals surface area contributed by atoms with Crippen molar-refractivity contribution in [1.29, 1.82) is 5.26 Å². The Morgan fingerprint density at radius 2 is 2.20 bits per heavy atom. The van der Waals surface area contributed by atoms with Gasteiger partial charge >= 0.3 is 0 Å². The van der Waals surface area contributed by atoms with Crippen LogP contribution in [-0.2, 0) is 6.42 Å². The molecule has 1 fully saturated rings. The number of pyridine rings is 1. The summed E-state index contributed by atoms with van der Waals surface area (Å²) in [5.74, 6) is 1.74. The number of hydrogen-bond donors (Lipinski definition) is 0. The Hall–Kier alpha value is -1.36. The molecule has 0 amide bonds. The van der Waals surface area contributed by atoms with Crippen LogP contribution in [0.15, 0.2) is 18.2 Å². The molecular formula is C13H16N2. The molecule has 0 aliphatic heterocycles. The highest BCUT2D eigenvalue weighted by atomic mass is 14.7. The summed E-state index contributed by atoms with van der Waals surface area (Å²) in [5, 5.41) is 8.73. The van der Waals surface area contributed by atoms with Gasteiger partial charge in [0.2, 0.25) is 0 Å². The van der Waals surface area contributed by atoms with Crippen LogP contribution in [0.2, 0.25) is 0 Å². The Morgan fingerprint density at radius 3 is 2.87 bits per heavy atom. The van der Waals surface area contributed by atoms with E-state index in [0.29, 0.717) is 5.69 Å². The van der Waals surface area contributed by atoms with Gasteiger partial charge in [-0.25, -0.2) is 4.98 Å². The molecule has 0 atom stereocenters. The molecule has 0 saturated heterocycles. The maximum absolute atomic E-state index is 8.73. The second kappa shape index (κ2) is 4.44. The molecule has 1 aromatic heterocycles. The van der Waals surface area contributed by atoms with E-state index in [1.807, 2.05) is 12.1 Å². The third-order valence-corrected chi connectivity index (χ3v) is 3.33. The first-order chi connectivity index (χ1) is 7.31. The van der Waals surface area contributed by atoms with Gasteiger partial charge in [-0.15, -0.1) is 0 Å². The quantitative estimate of drug-likeness (QED) is 0.752. The summed E-state index contributed by atoms with van der Waals surface area (Å²) in [5.41, 5.74) is 1.62. The van der Waals surface area contributed by atoms with Crippen molar-refractivity contribution in [3.05, 3.63) is 29.6 Å². The summed E-state index contributed by atoms with van der Waals surface area (Å²) in [4.78, 5) is 4.30. The minimum atomic E-state index is 0.541. The lowest BCUT2D eigenvalue weighted by Crippen LogP contribution is -2.25. The van der Waals surface area contributed by atoms with Crippen molar-refractivity contribution >= 4 is 0 Å². The minimum absolute atomic E-state index is 0.541. The van der Waals surface area contributed by atoms with Crippen LogP contribution in [0.1, 0.15) is 37.6 Å². The van der Waals surface area contributed by atoms with Crippen LogP contribution >= 0.6 is 0 Å². The lowest BCUT2D eigenvalue weighted by Gasteiger charge is -2.34. The van der Waals surface area contributed by atoms with Gasteiger partial charge in [-0.3, -0.25) is 0 Å². The van der Waals surface area contributed by atoms with Crippen molar-refractivity contribution in [1.82, 2.24) is 4.98 Å². The van der Waals surface area contributed by atoms with Crippen molar-refractivity contribution in [3.63, 3.8) is 0 Å². The molecule has 1 heterocycles. The molecule has 2 nitrogen and oxygen atoms in total. The summed E-state index contributed by atoms with van der Waals surface area (Å²) in [7, 11) is 0. The van der Waals surface area contributed by atoms with Gasteiger partial charge in [-0.05, 0) is 43.2 Å². The van der Waals surface area contributed by atoms with Crippen molar-refractivity contribution in [2.24, 2.45) is 11.8 Å². The number of nitriles is 1. The second-order valence-corrected chi connectivity index (χ2v) is 4.44. The first-order valence-corrected chi connectivity index (χ1v) is 5.67. The fourth-order valence-corrected chi connectivity index (χ4v) is 2.33. The van der Waals surface area contributed by atoms with E-state index in [9.17, 15) is 0 Å². The molecule has 0 aromatic carbocycles. The van der Waals surface area contributed by atoms with Crippen LogP contribution in [-0.4, -0.2) is 4.98 Å². The molecule has 15 heavy (non-hydrogen) atoms. The molecule has 1 aliphatic rings. The summed E-state index contributed by atoms with van der Waals surface area (Å²) < 4.78 is 0. The largest absolute Gasteiger partial charge is 0.242 e. The minimum Gasteiger partial charge on any atom is -0.242 e. The van der Waals surface area contributed by atoms with Crippen molar-refractivity contribution in [2.45, 2.75) is 32.6 Å². The van der Waals surface area contributed by atoms with Crippen LogP contribution in [0, 0.1) is 23.2 Å². The molecule has 1 aromatic rings. The molecule has 2 heteroatoms. The summed E-state index contributed by atoms with van der Waals surface area (Å²) in [6.07, 6.45) is 5.04. The number of rotatable bonds is 3. The van der Waals surface area contributed by atoms with Crippen molar-refractivity contribution in [3.8, 4) is 6.07 Å². The zero-order chi connectivity index (χ0) is 10.7. The standard InChI is InChI=1S/C13H16N2/c1-2-10-6-11(7-10)8-12-4-3-5-13(9-14)15-12/h3-5,10-11H,2,6-8H2,1H3. The predicted molar refractivity (Wildman–Crippen MR) is 59.2 cm³/mol. The third-order valence-electron chi connectivity index (χ3n) is 3.33. The fourth-order valence-electron chi connectivity index (χ4n) is 2.33. The van der Waals surface area contributed by atoms with Gasteiger partial charge in [0, 0.05) is 5.69 Å². The maximum atomic E-state index is 8.73. The molecule has 0 spiro atoms. The smallest absolute Gasteiger partial charge is 0.140 e. The molecule has 2 rings (SSSR count). The fraction of sp³-hybridized carbons (Fsp3) is 0.538. The lowest BCUT2D eigenvalue weighted by molar-refractivity contribution is 0.186. The van der Waals surface area contributed by atoms with Crippen LogP contribution in [0.4, 0.5) is 0 Å². The SMILES string of the molecule is CCC1CC(Cc2cccc(C#N)n2)C1. The predicted octanol–water partition coefficient (Wildman–Crippen LogP) is 2.93. The first-order valence-electron chi connectivity index (χ1n) is 5.67. The average molecular weight is 200 g/mol. The number of hydrogen-bond acceptors (Lipinski definition) is 2. The molecule has 0 unspecified atom stereocenters. The number of aromatic nitrogens is 1. The van der Waals surface area contributed by atoms with Crippen LogP contribution < -0.4 is 0 Å². The van der Waals surface area contributed by atoms with Crippen molar-refractivity contribution in [2.75, 3.05) is 0 Å². The van der Waals surface area contributed by atoms with Gasteiger partial charge in [0.15, 0.2) is 0 Å². The van der Waals surface area contributed by atoms with Gasteiger partial charge < -0.3 is 0 Å². The molecule has 0 radical (unpaired) electrons. The van der Waals surface area contributed by atoms with Crippen molar-refractivity contribution < 1.29 is 0 Å². The summed E-state index contributed by atoms with van der Waals surface area (Å²) >= 11 is 0. The molecule has 78 valence electrons. The lowest BCUT2D eigenvalue weighted by atomic mass is 9.71. The molecule has 0 N–H and O–H groups in total. The zero-order valence-corrected chi connectivity index (χ0v) is 9.11. The molecule has 0 bridgehead atoms. The van der Waals surface area contributed by atoms with E-state index in [2.05, 4.69) is 18.0 Å². The highest BCUT2D eigenvalue weighted by Gasteiger charge is 2.27.